The molecule has 0 aliphatic carbocycles. The van der Waals surface area contributed by atoms with Crippen molar-refractivity contribution in [3.63, 3.8) is 0 Å². The maximum Gasteiger partial charge on any atom is 0.411 e. The van der Waals surface area contributed by atoms with Gasteiger partial charge in [0.25, 0.3) is 5.91 Å². The summed E-state index contributed by atoms with van der Waals surface area (Å²) in [6, 6.07) is 16.1. The average molecular weight is 433 g/mol. The van der Waals surface area contributed by atoms with Crippen LogP contribution in [0.1, 0.15) is 29.5 Å². The molecule has 0 saturated heterocycles. The summed E-state index contributed by atoms with van der Waals surface area (Å²) in [5.41, 5.74) is 2.58. The lowest BCUT2D eigenvalue weighted by atomic mass is 10.1. The Balaban J connectivity index is 1.51. The lowest BCUT2D eigenvalue weighted by molar-refractivity contribution is -0.176. The normalized spacial score (nSPS) is 14.4. The summed E-state index contributed by atoms with van der Waals surface area (Å²) in [6.45, 7) is -0.909. The Bertz CT molecular complexity index is 929. The van der Waals surface area contributed by atoms with E-state index in [1.165, 1.54) is 5.01 Å². The van der Waals surface area contributed by atoms with E-state index in [2.05, 4.69) is 15.2 Å². The van der Waals surface area contributed by atoms with Crippen LogP contribution in [-0.2, 0) is 34.0 Å². The minimum atomic E-state index is -4.35. The zero-order valence-corrected chi connectivity index (χ0v) is 16.7. The van der Waals surface area contributed by atoms with E-state index in [-0.39, 0.29) is 43.5 Å². The molecule has 1 heterocycles. The molecule has 0 spiro atoms. The van der Waals surface area contributed by atoms with E-state index >= 15 is 0 Å². The van der Waals surface area contributed by atoms with Crippen LogP contribution >= 0.6 is 0 Å². The highest BCUT2D eigenvalue weighted by Gasteiger charge is 2.27. The maximum atomic E-state index is 12.5. The second-order valence-corrected chi connectivity index (χ2v) is 7.09. The Labute approximate surface area is 177 Å². The predicted molar refractivity (Wildman–Crippen MR) is 108 cm³/mol. The molecule has 9 heteroatoms. The van der Waals surface area contributed by atoms with Crippen molar-refractivity contribution >= 4 is 17.5 Å². The highest BCUT2D eigenvalue weighted by Crippen LogP contribution is 2.16. The van der Waals surface area contributed by atoms with E-state index in [9.17, 15) is 22.8 Å². The van der Waals surface area contributed by atoms with Crippen LogP contribution < -0.4 is 5.32 Å². The molecule has 6 nitrogen and oxygen atoms in total. The first-order valence-corrected chi connectivity index (χ1v) is 9.72. The third kappa shape index (κ3) is 7.21. The Morgan fingerprint density at radius 3 is 2.35 bits per heavy atom. The number of amides is 2. The number of hydrogen-bond acceptors (Lipinski definition) is 4. The summed E-state index contributed by atoms with van der Waals surface area (Å²) < 4.78 is 41.0. The van der Waals surface area contributed by atoms with Gasteiger partial charge in [-0.15, -0.1) is 0 Å². The standard InChI is InChI=1S/C22H22F3N3O3/c23-22(24,25)15-31-14-18-8-6-16(7-9-18)12-26-21(30)19-10-11-20(29)28(27-19)13-17-4-2-1-3-5-17/h1-9H,10-15H2,(H,26,30). The number of halogens is 3. The monoisotopic (exact) mass is 433 g/mol. The van der Waals surface area contributed by atoms with E-state index in [1.807, 2.05) is 30.3 Å². The number of carbonyl (C=O) groups is 2. The van der Waals surface area contributed by atoms with Gasteiger partial charge in [-0.2, -0.15) is 18.3 Å². The van der Waals surface area contributed by atoms with Gasteiger partial charge in [0, 0.05) is 19.4 Å². The molecule has 2 aromatic carbocycles. The highest BCUT2D eigenvalue weighted by molar-refractivity contribution is 6.39. The molecule has 1 aliphatic rings. The molecule has 0 fully saturated rings. The molecule has 0 radical (unpaired) electrons. The fourth-order valence-electron chi connectivity index (χ4n) is 2.97. The van der Waals surface area contributed by atoms with Crippen molar-refractivity contribution in [1.29, 1.82) is 0 Å². The van der Waals surface area contributed by atoms with Gasteiger partial charge < -0.3 is 10.1 Å². The smallest absolute Gasteiger partial charge is 0.367 e. The third-order valence-corrected chi connectivity index (χ3v) is 4.55. The number of carbonyl (C=O) groups excluding carboxylic acids is 2. The van der Waals surface area contributed by atoms with E-state index in [1.54, 1.807) is 24.3 Å². The molecular weight excluding hydrogens is 411 g/mol. The van der Waals surface area contributed by atoms with Crippen molar-refractivity contribution < 1.29 is 27.5 Å². The van der Waals surface area contributed by atoms with Crippen molar-refractivity contribution in [3.05, 3.63) is 71.3 Å². The van der Waals surface area contributed by atoms with Crippen LogP contribution in [0, 0.1) is 0 Å². The summed E-state index contributed by atoms with van der Waals surface area (Å²) in [5.74, 6) is -0.494. The predicted octanol–water partition coefficient (Wildman–Crippen LogP) is 3.56. The molecule has 0 saturated carbocycles. The van der Waals surface area contributed by atoms with E-state index < -0.39 is 12.8 Å². The van der Waals surface area contributed by atoms with E-state index in [4.69, 9.17) is 0 Å². The molecule has 0 aromatic heterocycles. The lowest BCUT2D eigenvalue weighted by Gasteiger charge is -2.23. The summed E-state index contributed by atoms with van der Waals surface area (Å²) in [6.07, 6.45) is -3.87. The van der Waals surface area contributed by atoms with Gasteiger partial charge in [0.05, 0.1) is 13.2 Å². The first-order chi connectivity index (χ1) is 14.8. The highest BCUT2D eigenvalue weighted by atomic mass is 19.4. The first-order valence-electron chi connectivity index (χ1n) is 9.72. The van der Waals surface area contributed by atoms with Crippen LogP contribution in [0.2, 0.25) is 0 Å². The molecule has 1 N–H and O–H groups in total. The van der Waals surface area contributed by atoms with Gasteiger partial charge in [0.15, 0.2) is 0 Å². The molecule has 2 aromatic rings. The van der Waals surface area contributed by atoms with Gasteiger partial charge in [-0.05, 0) is 16.7 Å². The summed E-state index contributed by atoms with van der Waals surface area (Å²) >= 11 is 0. The lowest BCUT2D eigenvalue weighted by Crippen LogP contribution is -2.38. The SMILES string of the molecule is O=C(NCc1ccc(COCC(F)(F)F)cc1)C1=NN(Cc2ccccc2)C(=O)CC1. The van der Waals surface area contributed by atoms with Crippen molar-refractivity contribution in [2.45, 2.75) is 38.7 Å². The number of ether oxygens (including phenoxy) is 1. The van der Waals surface area contributed by atoms with Crippen LogP contribution in [0.5, 0.6) is 0 Å². The van der Waals surface area contributed by atoms with Crippen molar-refractivity contribution in [1.82, 2.24) is 10.3 Å². The molecule has 3 rings (SSSR count). The second-order valence-electron chi connectivity index (χ2n) is 7.09. The van der Waals surface area contributed by atoms with Crippen molar-refractivity contribution in [2.75, 3.05) is 6.61 Å². The van der Waals surface area contributed by atoms with Gasteiger partial charge in [-0.1, -0.05) is 54.6 Å². The Morgan fingerprint density at radius 2 is 1.68 bits per heavy atom. The largest absolute Gasteiger partial charge is 0.411 e. The minimum Gasteiger partial charge on any atom is -0.367 e. The van der Waals surface area contributed by atoms with Crippen molar-refractivity contribution in [3.8, 4) is 0 Å². The summed E-state index contributed by atoms with van der Waals surface area (Å²) in [4.78, 5) is 24.6. The fraction of sp³-hybridized carbons (Fsp3) is 0.318. The molecule has 0 atom stereocenters. The Kier molecular flexibility index (Phi) is 7.41. The molecule has 2 amide bonds. The van der Waals surface area contributed by atoms with Gasteiger partial charge in [0.2, 0.25) is 5.91 Å². The van der Waals surface area contributed by atoms with Gasteiger partial charge >= 0.3 is 6.18 Å². The zero-order chi connectivity index (χ0) is 22.3. The van der Waals surface area contributed by atoms with Crippen LogP contribution in [0.15, 0.2) is 59.7 Å². The van der Waals surface area contributed by atoms with Crippen LogP contribution in [0.4, 0.5) is 13.2 Å². The number of nitrogens with zero attached hydrogens (tertiary/aromatic N) is 2. The van der Waals surface area contributed by atoms with E-state index in [0.717, 1.165) is 11.1 Å². The number of rotatable bonds is 8. The number of hydrogen-bond donors (Lipinski definition) is 1. The number of benzene rings is 2. The number of hydrazone groups is 1. The second kappa shape index (κ2) is 10.2. The fourth-order valence-corrected chi connectivity index (χ4v) is 2.97. The maximum absolute atomic E-state index is 12.5. The van der Waals surface area contributed by atoms with Crippen molar-refractivity contribution in [2.24, 2.45) is 5.10 Å². The topological polar surface area (TPSA) is 71.0 Å². The molecule has 0 unspecified atom stereocenters. The quantitative estimate of drug-likeness (QED) is 0.692. The molecule has 1 aliphatic heterocycles. The van der Waals surface area contributed by atoms with Gasteiger partial charge in [-0.3, -0.25) is 9.59 Å². The van der Waals surface area contributed by atoms with Gasteiger partial charge in [0.1, 0.15) is 12.3 Å². The Hall–Kier alpha value is -3.20. The minimum absolute atomic E-state index is 0.135. The Morgan fingerprint density at radius 1 is 1.00 bits per heavy atom. The molecule has 0 bridgehead atoms. The summed E-state index contributed by atoms with van der Waals surface area (Å²) in [5, 5.41) is 8.29. The van der Waals surface area contributed by atoms with E-state index in [0.29, 0.717) is 12.1 Å². The van der Waals surface area contributed by atoms with Crippen LogP contribution in [0.25, 0.3) is 0 Å². The molecular formula is C22H22F3N3O3. The summed E-state index contributed by atoms with van der Waals surface area (Å²) in [7, 11) is 0. The average Bonchev–Trinajstić information content (AvgIpc) is 2.74. The molecule has 164 valence electrons. The number of alkyl halides is 3. The number of nitrogens with one attached hydrogen (secondary N) is 1. The molecule has 31 heavy (non-hydrogen) atoms. The van der Waals surface area contributed by atoms with Crippen LogP contribution in [-0.4, -0.2) is 35.3 Å². The zero-order valence-electron chi connectivity index (χ0n) is 16.7. The van der Waals surface area contributed by atoms with Gasteiger partial charge in [-0.25, -0.2) is 5.01 Å². The first kappa shape index (κ1) is 22.5. The van der Waals surface area contributed by atoms with Crippen LogP contribution in [0.3, 0.4) is 0 Å². The third-order valence-electron chi connectivity index (χ3n) is 4.55.